The van der Waals surface area contributed by atoms with Crippen LogP contribution in [0.2, 0.25) is 0 Å². The minimum Gasteiger partial charge on any atom is -0.351 e. The first kappa shape index (κ1) is 21.9. The highest BCUT2D eigenvalue weighted by molar-refractivity contribution is 7.80. The van der Waals surface area contributed by atoms with Gasteiger partial charge in [0.2, 0.25) is 5.82 Å². The van der Waals surface area contributed by atoms with Crippen LogP contribution in [0.25, 0.3) is 17.0 Å². The van der Waals surface area contributed by atoms with E-state index < -0.39 is 0 Å². The molecule has 0 spiro atoms. The molecule has 1 aliphatic heterocycles. The van der Waals surface area contributed by atoms with Crippen molar-refractivity contribution >= 4 is 28.6 Å². The molecule has 5 nitrogen and oxygen atoms in total. The number of hydrogen-bond acceptors (Lipinski definition) is 4. The zero-order chi connectivity index (χ0) is 23.8. The van der Waals surface area contributed by atoms with Crippen LogP contribution in [0, 0.1) is 18.6 Å². The first-order valence-electron chi connectivity index (χ1n) is 10.6. The fourth-order valence-electron chi connectivity index (χ4n) is 4.07. The van der Waals surface area contributed by atoms with Crippen LogP contribution in [0.4, 0.5) is 14.5 Å². The molecule has 1 atom stereocenters. The molecule has 0 amide bonds. The van der Waals surface area contributed by atoms with Crippen molar-refractivity contribution in [1.29, 1.82) is 0 Å². The second-order valence-electron chi connectivity index (χ2n) is 7.99. The van der Waals surface area contributed by atoms with Gasteiger partial charge in [-0.15, -0.1) is 0 Å². The highest BCUT2D eigenvalue weighted by atomic mass is 32.1. The SMILES string of the molecule is CC1=C(c2nc(-c3cccc(F)c3)no2)C(c2ccccc2)NC(=S)N1c1ccc(F)c(C)c1. The lowest BCUT2D eigenvalue weighted by molar-refractivity contribution is 0.404. The number of benzene rings is 3. The molecule has 170 valence electrons. The largest absolute Gasteiger partial charge is 0.351 e. The Balaban J connectivity index is 1.66. The van der Waals surface area contributed by atoms with E-state index in [1.54, 1.807) is 31.2 Å². The maximum absolute atomic E-state index is 13.9. The van der Waals surface area contributed by atoms with E-state index in [9.17, 15) is 8.78 Å². The topological polar surface area (TPSA) is 54.2 Å². The summed E-state index contributed by atoms with van der Waals surface area (Å²) < 4.78 is 33.4. The van der Waals surface area contributed by atoms with Gasteiger partial charge < -0.3 is 9.84 Å². The summed E-state index contributed by atoms with van der Waals surface area (Å²) in [6.45, 7) is 3.61. The van der Waals surface area contributed by atoms with Crippen molar-refractivity contribution in [3.63, 3.8) is 0 Å². The number of aromatic nitrogens is 2. The zero-order valence-corrected chi connectivity index (χ0v) is 19.2. The van der Waals surface area contributed by atoms with Gasteiger partial charge in [0.05, 0.1) is 11.6 Å². The van der Waals surface area contributed by atoms with Crippen LogP contribution in [-0.2, 0) is 0 Å². The summed E-state index contributed by atoms with van der Waals surface area (Å²) in [4.78, 5) is 6.41. The van der Waals surface area contributed by atoms with Gasteiger partial charge in [0.15, 0.2) is 5.11 Å². The molecule has 0 fully saturated rings. The van der Waals surface area contributed by atoms with Gasteiger partial charge in [-0.25, -0.2) is 8.78 Å². The predicted molar refractivity (Wildman–Crippen MR) is 131 cm³/mol. The lowest BCUT2D eigenvalue weighted by Crippen LogP contribution is -2.46. The van der Waals surface area contributed by atoms with E-state index in [1.807, 2.05) is 42.2 Å². The Labute approximate surface area is 200 Å². The van der Waals surface area contributed by atoms with E-state index >= 15 is 0 Å². The van der Waals surface area contributed by atoms with E-state index in [0.717, 1.165) is 16.8 Å². The lowest BCUT2D eigenvalue weighted by atomic mass is 9.94. The Morgan fingerprint density at radius 3 is 2.50 bits per heavy atom. The average molecular weight is 475 g/mol. The van der Waals surface area contributed by atoms with Crippen LogP contribution >= 0.6 is 12.2 Å². The smallest absolute Gasteiger partial charge is 0.258 e. The Kier molecular flexibility index (Phi) is 5.67. The van der Waals surface area contributed by atoms with E-state index in [-0.39, 0.29) is 29.4 Å². The van der Waals surface area contributed by atoms with Gasteiger partial charge >= 0.3 is 0 Å². The second kappa shape index (κ2) is 8.79. The van der Waals surface area contributed by atoms with Crippen molar-refractivity contribution in [2.24, 2.45) is 0 Å². The number of nitrogens with zero attached hydrogens (tertiary/aromatic N) is 3. The van der Waals surface area contributed by atoms with Crippen LogP contribution < -0.4 is 10.2 Å². The molecule has 3 aromatic carbocycles. The number of hydrogen-bond donors (Lipinski definition) is 1. The number of nitrogens with one attached hydrogen (secondary N) is 1. The summed E-state index contributed by atoms with van der Waals surface area (Å²) in [5, 5.41) is 7.93. The quantitative estimate of drug-likeness (QED) is 0.356. The number of rotatable bonds is 4. The fraction of sp³-hybridized carbons (Fsp3) is 0.115. The number of aryl methyl sites for hydroxylation is 1. The number of halogens is 2. The second-order valence-corrected chi connectivity index (χ2v) is 8.38. The van der Waals surface area contributed by atoms with Crippen molar-refractivity contribution in [2.75, 3.05) is 4.90 Å². The molecule has 0 aliphatic carbocycles. The van der Waals surface area contributed by atoms with Crippen molar-refractivity contribution < 1.29 is 13.3 Å². The van der Waals surface area contributed by atoms with Crippen LogP contribution in [-0.4, -0.2) is 15.3 Å². The highest BCUT2D eigenvalue weighted by Crippen LogP contribution is 2.39. The molecule has 0 saturated carbocycles. The zero-order valence-electron chi connectivity index (χ0n) is 18.4. The number of thiocarbonyl (C=S) groups is 1. The summed E-state index contributed by atoms with van der Waals surface area (Å²) in [6.07, 6.45) is 0. The van der Waals surface area contributed by atoms with Crippen molar-refractivity contribution in [3.8, 4) is 11.4 Å². The van der Waals surface area contributed by atoms with Gasteiger partial charge in [-0.05, 0) is 67.5 Å². The average Bonchev–Trinajstić information content (AvgIpc) is 3.31. The van der Waals surface area contributed by atoms with Gasteiger partial charge in [0.25, 0.3) is 5.89 Å². The molecule has 1 aromatic heterocycles. The summed E-state index contributed by atoms with van der Waals surface area (Å²) in [7, 11) is 0. The molecule has 2 heterocycles. The first-order chi connectivity index (χ1) is 16.4. The van der Waals surface area contributed by atoms with Gasteiger partial charge in [-0.3, -0.25) is 4.90 Å². The minimum atomic E-state index is -0.385. The molecule has 8 heteroatoms. The van der Waals surface area contributed by atoms with Gasteiger partial charge in [-0.1, -0.05) is 47.6 Å². The van der Waals surface area contributed by atoms with Crippen molar-refractivity contribution in [1.82, 2.24) is 15.5 Å². The molecule has 34 heavy (non-hydrogen) atoms. The normalized spacial score (nSPS) is 16.1. The van der Waals surface area contributed by atoms with Gasteiger partial charge in [-0.2, -0.15) is 4.98 Å². The summed E-state index contributed by atoms with van der Waals surface area (Å²) >= 11 is 5.72. The monoisotopic (exact) mass is 474 g/mol. The summed E-state index contributed by atoms with van der Waals surface area (Å²) in [5.74, 6) is -0.118. The fourth-order valence-corrected chi connectivity index (χ4v) is 4.43. The third-order valence-electron chi connectivity index (χ3n) is 5.76. The Hall–Kier alpha value is -3.91. The number of anilines is 1. The molecule has 1 N–H and O–H groups in total. The van der Waals surface area contributed by atoms with E-state index in [0.29, 0.717) is 21.9 Å². The van der Waals surface area contributed by atoms with Crippen molar-refractivity contribution in [2.45, 2.75) is 19.9 Å². The van der Waals surface area contributed by atoms with Crippen LogP contribution in [0.5, 0.6) is 0 Å². The molecule has 0 bridgehead atoms. The third-order valence-corrected chi connectivity index (χ3v) is 6.06. The maximum Gasteiger partial charge on any atom is 0.258 e. The van der Waals surface area contributed by atoms with Crippen LogP contribution in [0.15, 0.2) is 83.0 Å². The van der Waals surface area contributed by atoms with E-state index in [2.05, 4.69) is 15.5 Å². The predicted octanol–water partition coefficient (Wildman–Crippen LogP) is 6.19. The maximum atomic E-state index is 13.9. The third kappa shape index (κ3) is 3.97. The summed E-state index contributed by atoms with van der Waals surface area (Å²) in [5.41, 5.74) is 4.17. The molecule has 4 aromatic rings. The molecular weight excluding hydrogens is 454 g/mol. The molecule has 1 unspecified atom stereocenters. The number of allylic oxidation sites excluding steroid dienone is 1. The lowest BCUT2D eigenvalue weighted by Gasteiger charge is -2.37. The Morgan fingerprint density at radius 2 is 1.76 bits per heavy atom. The molecule has 1 aliphatic rings. The van der Waals surface area contributed by atoms with Crippen molar-refractivity contribution in [3.05, 3.63) is 107 Å². The highest BCUT2D eigenvalue weighted by Gasteiger charge is 2.34. The summed E-state index contributed by atoms with van der Waals surface area (Å²) in [6, 6.07) is 20.3. The molecular formula is C26H20F2N4OS. The van der Waals surface area contributed by atoms with E-state index in [4.69, 9.17) is 16.7 Å². The molecule has 0 saturated heterocycles. The molecule has 0 radical (unpaired) electrons. The molecule has 5 rings (SSSR count). The Bertz CT molecular complexity index is 1420. The van der Waals surface area contributed by atoms with E-state index in [1.165, 1.54) is 18.2 Å². The van der Waals surface area contributed by atoms with Gasteiger partial charge in [0.1, 0.15) is 11.6 Å². The minimum absolute atomic E-state index is 0.277. The van der Waals surface area contributed by atoms with Crippen LogP contribution in [0.1, 0.15) is 30.0 Å². The van der Waals surface area contributed by atoms with Crippen LogP contribution in [0.3, 0.4) is 0 Å². The van der Waals surface area contributed by atoms with Gasteiger partial charge in [0, 0.05) is 16.9 Å². The Morgan fingerprint density at radius 1 is 0.971 bits per heavy atom. The standard InChI is InChI=1S/C26H20F2N4OS/c1-15-13-20(11-12-21(15)28)32-16(2)22(23(29-26(32)34)17-7-4-3-5-8-17)25-30-24(31-33-25)18-9-6-10-19(27)14-18/h3-14,23H,1-2H3,(H,29,34). The first-order valence-corrected chi connectivity index (χ1v) is 11.1.